The van der Waals surface area contributed by atoms with Gasteiger partial charge in [0.2, 0.25) is 0 Å². The largest absolute Gasteiger partial charge is 0.491 e. The fraction of sp³-hybridized carbons (Fsp3) is 0.391. The third-order valence-electron chi connectivity index (χ3n) is 5.56. The summed E-state index contributed by atoms with van der Waals surface area (Å²) in [6.07, 6.45) is -0.0970. The van der Waals surface area contributed by atoms with E-state index in [0.717, 1.165) is 11.3 Å². The molecule has 3 amide bonds. The first-order valence-corrected chi connectivity index (χ1v) is 10.3. The molecule has 0 unspecified atom stereocenters. The van der Waals surface area contributed by atoms with Crippen LogP contribution in [0.25, 0.3) is 0 Å². The van der Waals surface area contributed by atoms with Crippen molar-refractivity contribution in [3.05, 3.63) is 53.6 Å². The molecule has 2 heterocycles. The smallest absolute Gasteiger partial charge is 0.325 e. The number of imide groups is 1. The zero-order chi connectivity index (χ0) is 22.0. The zero-order valence-electron chi connectivity index (χ0n) is 17.6. The number of urea groups is 1. The lowest BCUT2D eigenvalue weighted by Crippen LogP contribution is -2.42. The molecule has 2 aromatic carbocycles. The standard InChI is InChI=1S/C23H26N2O6/c1-3-15-4-7-18(8-5-15)31-14-17(26)13-25-21(27)23(2,24-22(25)28)16-6-9-19-20(12-16)30-11-10-29-19/h4-9,12,17,26H,3,10-11,13-14H2,1-2H3,(H,24,28)/t17-,23+/m0/s1. The van der Waals surface area contributed by atoms with Gasteiger partial charge < -0.3 is 24.6 Å². The number of hydrogen-bond acceptors (Lipinski definition) is 6. The Morgan fingerprint density at radius 2 is 1.84 bits per heavy atom. The summed E-state index contributed by atoms with van der Waals surface area (Å²) in [5, 5.41) is 13.1. The molecule has 0 saturated carbocycles. The number of aryl methyl sites for hydroxylation is 1. The van der Waals surface area contributed by atoms with Crippen LogP contribution in [-0.2, 0) is 16.8 Å². The van der Waals surface area contributed by atoms with E-state index in [9.17, 15) is 14.7 Å². The number of amides is 3. The maximum atomic E-state index is 13.1. The Hall–Kier alpha value is -3.26. The predicted octanol–water partition coefficient (Wildman–Crippen LogP) is 2.23. The topological polar surface area (TPSA) is 97.3 Å². The van der Waals surface area contributed by atoms with Crippen LogP contribution in [0.15, 0.2) is 42.5 Å². The first-order valence-electron chi connectivity index (χ1n) is 10.3. The molecule has 164 valence electrons. The van der Waals surface area contributed by atoms with Crippen LogP contribution in [0, 0.1) is 0 Å². The van der Waals surface area contributed by atoms with Crippen LogP contribution in [0.5, 0.6) is 17.2 Å². The van der Waals surface area contributed by atoms with Crippen molar-refractivity contribution in [2.24, 2.45) is 0 Å². The molecule has 1 fully saturated rings. The molecule has 2 aromatic rings. The minimum absolute atomic E-state index is 0.0384. The highest BCUT2D eigenvalue weighted by Crippen LogP contribution is 2.36. The molecule has 2 aliphatic heterocycles. The summed E-state index contributed by atoms with van der Waals surface area (Å²) in [4.78, 5) is 26.7. The summed E-state index contributed by atoms with van der Waals surface area (Å²) >= 11 is 0. The first kappa shape index (κ1) is 21.0. The molecular formula is C23H26N2O6. The van der Waals surface area contributed by atoms with Crippen molar-refractivity contribution < 1.29 is 28.9 Å². The van der Waals surface area contributed by atoms with Gasteiger partial charge in [-0.2, -0.15) is 0 Å². The average molecular weight is 426 g/mol. The molecular weight excluding hydrogens is 400 g/mol. The molecule has 1 saturated heterocycles. The Morgan fingerprint density at radius 1 is 1.13 bits per heavy atom. The third kappa shape index (κ3) is 4.16. The van der Waals surface area contributed by atoms with Gasteiger partial charge in [0.15, 0.2) is 11.5 Å². The molecule has 8 nitrogen and oxygen atoms in total. The van der Waals surface area contributed by atoms with Crippen molar-refractivity contribution >= 4 is 11.9 Å². The van der Waals surface area contributed by atoms with Gasteiger partial charge in [0.1, 0.15) is 37.2 Å². The second-order valence-corrected chi connectivity index (χ2v) is 7.79. The van der Waals surface area contributed by atoms with Gasteiger partial charge in [0.05, 0.1) is 6.54 Å². The Kier molecular flexibility index (Phi) is 5.73. The highest BCUT2D eigenvalue weighted by atomic mass is 16.6. The lowest BCUT2D eigenvalue weighted by Gasteiger charge is -2.25. The van der Waals surface area contributed by atoms with E-state index in [1.165, 1.54) is 5.56 Å². The molecule has 2 aliphatic rings. The van der Waals surface area contributed by atoms with Gasteiger partial charge in [-0.15, -0.1) is 0 Å². The van der Waals surface area contributed by atoms with Crippen molar-refractivity contribution in [3.8, 4) is 17.2 Å². The van der Waals surface area contributed by atoms with Gasteiger partial charge >= 0.3 is 6.03 Å². The van der Waals surface area contributed by atoms with Crippen molar-refractivity contribution in [3.63, 3.8) is 0 Å². The lowest BCUT2D eigenvalue weighted by molar-refractivity contribution is -0.132. The maximum absolute atomic E-state index is 13.1. The van der Waals surface area contributed by atoms with Gasteiger partial charge in [-0.05, 0) is 48.7 Å². The number of nitrogens with zero attached hydrogens (tertiary/aromatic N) is 1. The second-order valence-electron chi connectivity index (χ2n) is 7.79. The molecule has 8 heteroatoms. The minimum atomic E-state index is -1.26. The molecule has 0 spiro atoms. The van der Waals surface area contributed by atoms with E-state index in [0.29, 0.717) is 36.0 Å². The third-order valence-corrected chi connectivity index (χ3v) is 5.56. The van der Waals surface area contributed by atoms with E-state index >= 15 is 0 Å². The molecule has 0 aliphatic carbocycles. The summed E-state index contributed by atoms with van der Waals surface area (Å²) in [6.45, 7) is 4.39. The quantitative estimate of drug-likeness (QED) is 0.659. The number of benzene rings is 2. The highest BCUT2D eigenvalue weighted by molar-refractivity contribution is 6.07. The summed E-state index contributed by atoms with van der Waals surface area (Å²) in [5.74, 6) is 1.31. The Labute approximate surface area is 180 Å². The van der Waals surface area contributed by atoms with Gasteiger partial charge in [-0.25, -0.2) is 4.79 Å². The van der Waals surface area contributed by atoms with E-state index in [4.69, 9.17) is 14.2 Å². The van der Waals surface area contributed by atoms with Crippen LogP contribution in [0.2, 0.25) is 0 Å². The molecule has 2 atom stereocenters. The van der Waals surface area contributed by atoms with Crippen LogP contribution in [0.3, 0.4) is 0 Å². The van der Waals surface area contributed by atoms with Crippen LogP contribution in [0.1, 0.15) is 25.0 Å². The second kappa shape index (κ2) is 8.47. The van der Waals surface area contributed by atoms with Crippen molar-refractivity contribution in [2.45, 2.75) is 31.9 Å². The summed E-state index contributed by atoms with van der Waals surface area (Å²) in [6, 6.07) is 12.2. The van der Waals surface area contributed by atoms with E-state index in [2.05, 4.69) is 12.2 Å². The minimum Gasteiger partial charge on any atom is -0.491 e. The Bertz CT molecular complexity index is 977. The van der Waals surface area contributed by atoms with E-state index < -0.39 is 23.6 Å². The monoisotopic (exact) mass is 426 g/mol. The number of carbonyl (C=O) groups is 2. The highest BCUT2D eigenvalue weighted by Gasteiger charge is 2.49. The molecule has 31 heavy (non-hydrogen) atoms. The number of fused-ring (bicyclic) bond motifs is 1. The molecule has 0 radical (unpaired) electrons. The molecule has 0 bridgehead atoms. The molecule has 2 N–H and O–H groups in total. The number of hydrogen-bond donors (Lipinski definition) is 2. The summed E-state index contributed by atoms with van der Waals surface area (Å²) in [5.41, 5.74) is 0.508. The van der Waals surface area contributed by atoms with Gasteiger partial charge in [-0.3, -0.25) is 9.69 Å². The van der Waals surface area contributed by atoms with E-state index in [-0.39, 0.29) is 13.2 Å². The Morgan fingerprint density at radius 3 is 2.55 bits per heavy atom. The maximum Gasteiger partial charge on any atom is 0.325 e. The molecule has 0 aromatic heterocycles. The lowest BCUT2D eigenvalue weighted by atomic mass is 9.91. The Balaban J connectivity index is 1.41. The number of nitrogens with one attached hydrogen (secondary N) is 1. The fourth-order valence-electron chi connectivity index (χ4n) is 3.69. The van der Waals surface area contributed by atoms with Crippen molar-refractivity contribution in [1.82, 2.24) is 10.2 Å². The van der Waals surface area contributed by atoms with E-state index in [1.54, 1.807) is 25.1 Å². The summed E-state index contributed by atoms with van der Waals surface area (Å²) in [7, 11) is 0. The number of carbonyl (C=O) groups excluding carboxylic acids is 2. The number of aliphatic hydroxyl groups excluding tert-OH is 1. The fourth-order valence-corrected chi connectivity index (χ4v) is 3.69. The van der Waals surface area contributed by atoms with Gasteiger partial charge in [0.25, 0.3) is 5.91 Å². The zero-order valence-corrected chi connectivity index (χ0v) is 17.6. The van der Waals surface area contributed by atoms with Crippen LogP contribution in [-0.4, -0.2) is 54.4 Å². The number of β-amino-alcohol motifs (C(OH)–C–C–N with tert-alkyl or cyclic N) is 1. The van der Waals surface area contributed by atoms with Crippen molar-refractivity contribution in [1.29, 1.82) is 0 Å². The number of ether oxygens (including phenoxy) is 3. The number of aliphatic hydroxyl groups is 1. The van der Waals surface area contributed by atoms with Gasteiger partial charge in [-0.1, -0.05) is 25.1 Å². The number of rotatable bonds is 7. The van der Waals surface area contributed by atoms with Crippen LogP contribution < -0.4 is 19.5 Å². The van der Waals surface area contributed by atoms with Crippen molar-refractivity contribution in [2.75, 3.05) is 26.4 Å². The van der Waals surface area contributed by atoms with E-state index in [1.807, 2.05) is 24.3 Å². The average Bonchev–Trinajstić information content (AvgIpc) is 3.01. The van der Waals surface area contributed by atoms with Crippen LogP contribution >= 0.6 is 0 Å². The molecule has 4 rings (SSSR count). The predicted molar refractivity (Wildman–Crippen MR) is 112 cm³/mol. The van der Waals surface area contributed by atoms with Crippen LogP contribution in [0.4, 0.5) is 4.79 Å². The normalized spacial score (nSPS) is 21.1. The van der Waals surface area contributed by atoms with Gasteiger partial charge in [0, 0.05) is 0 Å². The summed E-state index contributed by atoms with van der Waals surface area (Å²) < 4.78 is 16.7. The first-order chi connectivity index (χ1) is 14.9. The SMILES string of the molecule is CCc1ccc(OC[C@@H](O)CN2C(=O)N[C@](C)(c3ccc4c(c3)OCCO4)C2=O)cc1.